The first-order valence-electron chi connectivity index (χ1n) is 5.32. The van der Waals surface area contributed by atoms with E-state index in [-0.39, 0.29) is 11.3 Å². The first kappa shape index (κ1) is 11.5. The molecule has 2 rings (SSSR count). The van der Waals surface area contributed by atoms with Crippen LogP contribution in [0, 0.1) is 12.7 Å². The molecule has 0 atom stereocenters. The van der Waals surface area contributed by atoms with Crippen LogP contribution in [0.1, 0.15) is 23.0 Å². The lowest BCUT2D eigenvalue weighted by molar-refractivity contribution is 0.101. The summed E-state index contributed by atoms with van der Waals surface area (Å²) in [6, 6.07) is 8.27. The number of nitrogens with zero attached hydrogens (tertiary/aromatic N) is 1. The summed E-state index contributed by atoms with van der Waals surface area (Å²) >= 11 is 0. The molecular formula is C14H12FNO. The van der Waals surface area contributed by atoms with Crippen LogP contribution in [0.2, 0.25) is 0 Å². The lowest BCUT2D eigenvalue weighted by Gasteiger charge is -2.06. The van der Waals surface area contributed by atoms with E-state index in [1.807, 2.05) is 19.1 Å². The van der Waals surface area contributed by atoms with Gasteiger partial charge in [-0.25, -0.2) is 4.39 Å². The Morgan fingerprint density at radius 3 is 2.71 bits per heavy atom. The Balaban J connectivity index is 2.58. The van der Waals surface area contributed by atoms with Crippen molar-refractivity contribution in [3.8, 4) is 11.1 Å². The Hall–Kier alpha value is -2.03. The predicted molar refractivity (Wildman–Crippen MR) is 64.4 cm³/mol. The minimum atomic E-state index is -0.484. The van der Waals surface area contributed by atoms with E-state index in [9.17, 15) is 9.18 Å². The lowest BCUT2D eigenvalue weighted by atomic mass is 10.0. The monoisotopic (exact) mass is 229 g/mol. The molecule has 0 radical (unpaired) electrons. The molecular weight excluding hydrogens is 217 g/mol. The average molecular weight is 229 g/mol. The number of hydrogen-bond acceptors (Lipinski definition) is 2. The minimum Gasteiger partial charge on any atom is -0.294 e. The van der Waals surface area contributed by atoms with E-state index in [4.69, 9.17) is 0 Å². The number of aryl methyl sites for hydroxylation is 1. The first-order valence-corrected chi connectivity index (χ1v) is 5.32. The smallest absolute Gasteiger partial charge is 0.162 e. The zero-order valence-electron chi connectivity index (χ0n) is 9.70. The van der Waals surface area contributed by atoms with E-state index in [2.05, 4.69) is 4.98 Å². The van der Waals surface area contributed by atoms with Crippen LogP contribution in [0.4, 0.5) is 4.39 Å². The number of benzene rings is 1. The van der Waals surface area contributed by atoms with Crippen LogP contribution in [-0.2, 0) is 0 Å². The molecule has 0 aliphatic carbocycles. The maximum absolute atomic E-state index is 13.4. The van der Waals surface area contributed by atoms with Gasteiger partial charge in [-0.1, -0.05) is 12.1 Å². The Bertz CT molecular complexity index is 578. The molecule has 0 saturated heterocycles. The number of halogens is 1. The average Bonchev–Trinajstić information content (AvgIpc) is 2.30. The molecule has 1 aromatic heterocycles. The molecule has 2 nitrogen and oxygen atoms in total. The van der Waals surface area contributed by atoms with Crippen LogP contribution < -0.4 is 0 Å². The summed E-state index contributed by atoms with van der Waals surface area (Å²) in [5.74, 6) is -0.756. The van der Waals surface area contributed by atoms with Crippen molar-refractivity contribution in [2.75, 3.05) is 0 Å². The van der Waals surface area contributed by atoms with Gasteiger partial charge in [0.25, 0.3) is 0 Å². The number of pyridine rings is 1. The van der Waals surface area contributed by atoms with Crippen molar-refractivity contribution < 1.29 is 9.18 Å². The second kappa shape index (κ2) is 4.45. The van der Waals surface area contributed by atoms with E-state index < -0.39 is 5.82 Å². The fourth-order valence-corrected chi connectivity index (χ4v) is 1.75. The molecule has 17 heavy (non-hydrogen) atoms. The molecule has 0 spiro atoms. The molecule has 0 aliphatic rings. The van der Waals surface area contributed by atoms with Gasteiger partial charge in [0.1, 0.15) is 5.82 Å². The van der Waals surface area contributed by atoms with Crippen LogP contribution >= 0.6 is 0 Å². The molecule has 0 amide bonds. The fourth-order valence-electron chi connectivity index (χ4n) is 1.75. The lowest BCUT2D eigenvalue weighted by Crippen LogP contribution is -1.98. The van der Waals surface area contributed by atoms with Gasteiger partial charge >= 0.3 is 0 Å². The van der Waals surface area contributed by atoms with Crippen LogP contribution in [0.15, 0.2) is 36.5 Å². The van der Waals surface area contributed by atoms with E-state index >= 15 is 0 Å². The highest BCUT2D eigenvalue weighted by atomic mass is 19.1. The van der Waals surface area contributed by atoms with Crippen LogP contribution in [0.5, 0.6) is 0 Å². The van der Waals surface area contributed by atoms with Crippen molar-refractivity contribution in [3.05, 3.63) is 53.6 Å². The van der Waals surface area contributed by atoms with E-state index in [0.29, 0.717) is 0 Å². The minimum absolute atomic E-state index is 0.116. The van der Waals surface area contributed by atoms with Gasteiger partial charge in [-0.3, -0.25) is 9.78 Å². The van der Waals surface area contributed by atoms with Crippen molar-refractivity contribution in [2.24, 2.45) is 0 Å². The summed E-state index contributed by atoms with van der Waals surface area (Å²) < 4.78 is 13.4. The topological polar surface area (TPSA) is 30.0 Å². The fraction of sp³-hybridized carbons (Fsp3) is 0.143. The molecule has 3 heteroatoms. The largest absolute Gasteiger partial charge is 0.294 e. The predicted octanol–water partition coefficient (Wildman–Crippen LogP) is 3.40. The normalized spacial score (nSPS) is 10.3. The third-order valence-corrected chi connectivity index (χ3v) is 2.66. The highest BCUT2D eigenvalue weighted by Crippen LogP contribution is 2.24. The SMILES string of the molecule is CC(=O)c1cc(-c2cccnc2C)ccc1F. The summed E-state index contributed by atoms with van der Waals surface area (Å²) in [5.41, 5.74) is 2.69. The van der Waals surface area contributed by atoms with E-state index in [0.717, 1.165) is 16.8 Å². The van der Waals surface area contributed by atoms with Crippen LogP contribution in [-0.4, -0.2) is 10.8 Å². The van der Waals surface area contributed by atoms with E-state index in [1.54, 1.807) is 18.3 Å². The maximum Gasteiger partial charge on any atom is 0.162 e. The van der Waals surface area contributed by atoms with Gasteiger partial charge in [0, 0.05) is 17.5 Å². The highest BCUT2D eigenvalue weighted by Gasteiger charge is 2.10. The first-order chi connectivity index (χ1) is 8.09. The van der Waals surface area contributed by atoms with Crippen LogP contribution in [0.3, 0.4) is 0 Å². The van der Waals surface area contributed by atoms with Gasteiger partial charge < -0.3 is 0 Å². The van der Waals surface area contributed by atoms with Crippen LogP contribution in [0.25, 0.3) is 11.1 Å². The third-order valence-electron chi connectivity index (χ3n) is 2.66. The summed E-state index contributed by atoms with van der Waals surface area (Å²) in [4.78, 5) is 15.5. The van der Waals surface area contributed by atoms with Gasteiger partial charge in [-0.2, -0.15) is 0 Å². The van der Waals surface area contributed by atoms with Gasteiger partial charge in [-0.15, -0.1) is 0 Å². The standard InChI is InChI=1S/C14H12FNO/c1-9-12(4-3-7-16-9)11-5-6-14(15)13(8-11)10(2)17/h3-8H,1-2H3. The molecule has 0 saturated carbocycles. The number of ketones is 1. The number of rotatable bonds is 2. The van der Waals surface area contributed by atoms with Crippen molar-refractivity contribution >= 4 is 5.78 Å². The Morgan fingerprint density at radius 2 is 2.06 bits per heavy atom. The Kier molecular flexibility index (Phi) is 3.00. The zero-order chi connectivity index (χ0) is 12.4. The molecule has 0 fully saturated rings. The second-order valence-electron chi connectivity index (χ2n) is 3.89. The number of Topliss-reactive ketones (excluding diaryl/α,β-unsaturated/α-hetero) is 1. The highest BCUT2D eigenvalue weighted by molar-refractivity contribution is 5.95. The van der Waals surface area contributed by atoms with Crippen molar-refractivity contribution in [1.29, 1.82) is 0 Å². The molecule has 0 bridgehead atoms. The van der Waals surface area contributed by atoms with Crippen molar-refractivity contribution in [2.45, 2.75) is 13.8 Å². The third kappa shape index (κ3) is 2.23. The van der Waals surface area contributed by atoms with Gasteiger partial charge in [0.2, 0.25) is 0 Å². The van der Waals surface area contributed by atoms with Crippen molar-refractivity contribution in [3.63, 3.8) is 0 Å². The number of aromatic nitrogens is 1. The van der Waals surface area contributed by atoms with Gasteiger partial charge in [-0.05, 0) is 37.6 Å². The number of carbonyl (C=O) groups is 1. The molecule has 0 unspecified atom stereocenters. The molecule has 2 aromatic rings. The maximum atomic E-state index is 13.4. The molecule has 86 valence electrons. The molecule has 0 N–H and O–H groups in total. The Morgan fingerprint density at radius 1 is 1.29 bits per heavy atom. The van der Waals surface area contributed by atoms with Gasteiger partial charge in [0.15, 0.2) is 5.78 Å². The van der Waals surface area contributed by atoms with Crippen molar-refractivity contribution in [1.82, 2.24) is 4.98 Å². The zero-order valence-corrected chi connectivity index (χ0v) is 9.70. The number of carbonyl (C=O) groups excluding carboxylic acids is 1. The summed E-state index contributed by atoms with van der Waals surface area (Å²) in [5, 5.41) is 0. The number of hydrogen-bond donors (Lipinski definition) is 0. The Labute approximate surface area is 99.1 Å². The molecule has 1 heterocycles. The quantitative estimate of drug-likeness (QED) is 0.739. The second-order valence-corrected chi connectivity index (χ2v) is 3.89. The summed E-state index contributed by atoms with van der Waals surface area (Å²) in [7, 11) is 0. The molecule has 0 aliphatic heterocycles. The van der Waals surface area contributed by atoms with Gasteiger partial charge in [0.05, 0.1) is 5.56 Å². The summed E-state index contributed by atoms with van der Waals surface area (Å²) in [6.07, 6.45) is 1.70. The summed E-state index contributed by atoms with van der Waals surface area (Å²) in [6.45, 7) is 3.24. The molecule has 1 aromatic carbocycles. The van der Waals surface area contributed by atoms with E-state index in [1.165, 1.54) is 13.0 Å².